The summed E-state index contributed by atoms with van der Waals surface area (Å²) in [5.41, 5.74) is 2.47. The summed E-state index contributed by atoms with van der Waals surface area (Å²) in [6, 6.07) is 11.2. The van der Waals surface area contributed by atoms with Crippen LogP contribution in [-0.4, -0.2) is 54.2 Å². The number of phenolic OH excluding ortho intramolecular Hbond substituents is 1. The summed E-state index contributed by atoms with van der Waals surface area (Å²) in [5, 5.41) is 17.6. The van der Waals surface area contributed by atoms with Gasteiger partial charge in [0.25, 0.3) is 0 Å². The molecule has 1 aromatic heterocycles. The van der Waals surface area contributed by atoms with Crippen molar-refractivity contribution in [2.24, 2.45) is 0 Å². The number of hydrogen-bond acceptors (Lipinski definition) is 6. The van der Waals surface area contributed by atoms with Crippen LogP contribution in [0.4, 0.5) is 11.5 Å². The summed E-state index contributed by atoms with van der Waals surface area (Å²) >= 11 is 0. The summed E-state index contributed by atoms with van der Waals surface area (Å²) in [6.07, 6.45) is 7.96. The van der Waals surface area contributed by atoms with Gasteiger partial charge in [-0.05, 0) is 48.3 Å². The van der Waals surface area contributed by atoms with E-state index >= 15 is 0 Å². The summed E-state index contributed by atoms with van der Waals surface area (Å²) < 4.78 is 10.5. The Hall–Kier alpha value is -2.95. The molecule has 0 aliphatic carbocycles. The Labute approximate surface area is 172 Å². The van der Waals surface area contributed by atoms with E-state index in [1.807, 2.05) is 24.3 Å². The Balaban J connectivity index is 1.89. The topological polar surface area (TPSA) is 76.5 Å². The minimum Gasteiger partial charge on any atom is -0.504 e. The summed E-state index contributed by atoms with van der Waals surface area (Å²) in [7, 11) is 0.707. The molecule has 0 spiro atoms. The zero-order valence-corrected chi connectivity index (χ0v) is 17.8. The molecule has 2 N–H and O–H groups in total. The van der Waals surface area contributed by atoms with Gasteiger partial charge in [-0.25, -0.2) is 9.97 Å². The largest absolute Gasteiger partial charge is 0.504 e. The molecular weight excluding hydrogens is 386 g/mol. The van der Waals surface area contributed by atoms with E-state index in [1.165, 1.54) is 6.33 Å². The third-order valence-electron chi connectivity index (χ3n) is 3.89. The molecule has 0 fully saturated rings. The fourth-order valence-corrected chi connectivity index (χ4v) is 2.97. The third-order valence-corrected chi connectivity index (χ3v) is 4.60. The van der Waals surface area contributed by atoms with E-state index in [2.05, 4.69) is 45.2 Å². The second kappa shape index (κ2) is 9.03. The highest BCUT2D eigenvalue weighted by Gasteiger charge is 2.11. The number of nitrogens with zero attached hydrogens (tertiary/aromatic N) is 2. The van der Waals surface area contributed by atoms with Crippen molar-refractivity contribution >= 4 is 32.4 Å². The molecule has 0 unspecified atom stereocenters. The van der Waals surface area contributed by atoms with Gasteiger partial charge in [0.05, 0.1) is 12.1 Å². The van der Waals surface area contributed by atoms with Gasteiger partial charge in [-0.3, -0.25) is 0 Å². The fourth-order valence-electron chi connectivity index (χ4n) is 2.55. The number of aromatic hydroxyl groups is 1. The van der Waals surface area contributed by atoms with Crippen LogP contribution in [0.5, 0.6) is 11.5 Å². The molecule has 0 saturated carbocycles. The molecule has 0 bridgehead atoms. The van der Waals surface area contributed by atoms with E-state index in [9.17, 15) is 5.11 Å². The van der Waals surface area contributed by atoms with Crippen LogP contribution in [0.25, 0.3) is 10.9 Å². The van der Waals surface area contributed by atoms with Gasteiger partial charge in [0, 0.05) is 29.8 Å². The molecule has 6 nitrogen and oxygen atoms in total. The minimum absolute atomic E-state index is 0.0271. The van der Waals surface area contributed by atoms with Gasteiger partial charge >= 0.3 is 0 Å². The maximum Gasteiger partial charge on any atom is 0.163 e. The standard InChI is InChI=1S/C22H25N3O3S/c1-27-9-10-28-21-14-19-18(13-20(21)26)22(24-15-23-19)25-17-7-5-6-16(12-17)8-11-29(2,3)4/h5-7,12-15,26H,9-10H2,1-4H3,(H,23,24,25). The Morgan fingerprint density at radius 1 is 1.10 bits per heavy atom. The van der Waals surface area contributed by atoms with Gasteiger partial charge in [-0.1, -0.05) is 12.0 Å². The van der Waals surface area contributed by atoms with Crippen LogP contribution in [0.15, 0.2) is 42.7 Å². The number of benzene rings is 2. The molecule has 3 rings (SSSR count). The Kier molecular flexibility index (Phi) is 6.47. The number of rotatable bonds is 6. The lowest BCUT2D eigenvalue weighted by Gasteiger charge is -2.15. The number of fused-ring (bicyclic) bond motifs is 1. The second-order valence-electron chi connectivity index (χ2n) is 7.17. The number of phenols is 1. The van der Waals surface area contributed by atoms with Crippen molar-refractivity contribution < 1.29 is 14.6 Å². The maximum atomic E-state index is 10.3. The molecule has 1 heterocycles. The van der Waals surface area contributed by atoms with Gasteiger partial charge in [0.2, 0.25) is 0 Å². The zero-order valence-electron chi connectivity index (χ0n) is 17.0. The van der Waals surface area contributed by atoms with Crippen LogP contribution < -0.4 is 10.1 Å². The minimum atomic E-state index is -0.890. The molecule has 29 heavy (non-hydrogen) atoms. The monoisotopic (exact) mass is 411 g/mol. The number of nitrogens with one attached hydrogen (secondary N) is 1. The van der Waals surface area contributed by atoms with Crippen LogP contribution in [-0.2, 0) is 4.74 Å². The SMILES string of the molecule is COCCOc1cc2ncnc(Nc3cccc(C#CS(C)(C)C)c3)c2cc1O. The van der Waals surface area contributed by atoms with Crippen LogP contribution in [0.3, 0.4) is 0 Å². The van der Waals surface area contributed by atoms with E-state index < -0.39 is 10.0 Å². The molecule has 3 aromatic rings. The number of methoxy groups -OCH3 is 1. The van der Waals surface area contributed by atoms with Crippen molar-refractivity contribution in [1.82, 2.24) is 9.97 Å². The third kappa shape index (κ3) is 5.76. The molecule has 7 heteroatoms. The smallest absolute Gasteiger partial charge is 0.163 e. The Morgan fingerprint density at radius 2 is 1.93 bits per heavy atom. The van der Waals surface area contributed by atoms with E-state index in [1.54, 1.807) is 19.2 Å². The van der Waals surface area contributed by atoms with Gasteiger partial charge in [-0.2, -0.15) is 10.0 Å². The van der Waals surface area contributed by atoms with E-state index in [0.29, 0.717) is 35.7 Å². The number of anilines is 2. The Morgan fingerprint density at radius 3 is 2.69 bits per heavy atom. The highest BCUT2D eigenvalue weighted by molar-refractivity contribution is 8.35. The quantitative estimate of drug-likeness (QED) is 0.470. The fraction of sp³-hybridized carbons (Fsp3) is 0.273. The lowest BCUT2D eigenvalue weighted by atomic mass is 10.2. The summed E-state index contributed by atoms with van der Waals surface area (Å²) in [4.78, 5) is 8.63. The van der Waals surface area contributed by atoms with E-state index in [-0.39, 0.29) is 5.75 Å². The molecule has 0 saturated heterocycles. The predicted molar refractivity (Wildman–Crippen MR) is 121 cm³/mol. The molecule has 2 aromatic carbocycles. The molecule has 152 valence electrons. The van der Waals surface area contributed by atoms with Crippen molar-refractivity contribution in [3.05, 3.63) is 48.3 Å². The molecule has 0 aliphatic rings. The van der Waals surface area contributed by atoms with E-state index in [0.717, 1.165) is 11.3 Å². The summed E-state index contributed by atoms with van der Waals surface area (Å²) in [5.74, 6) is 4.22. The lowest BCUT2D eigenvalue weighted by Crippen LogP contribution is -2.04. The number of ether oxygens (including phenoxy) is 2. The molecule has 0 amide bonds. The molecule has 0 aliphatic heterocycles. The van der Waals surface area contributed by atoms with Gasteiger partial charge < -0.3 is 19.9 Å². The van der Waals surface area contributed by atoms with Crippen molar-refractivity contribution in [1.29, 1.82) is 0 Å². The van der Waals surface area contributed by atoms with Crippen LogP contribution >= 0.6 is 10.0 Å². The normalized spacial score (nSPS) is 11.6. The average Bonchev–Trinajstić information content (AvgIpc) is 2.67. The molecule has 0 radical (unpaired) electrons. The van der Waals surface area contributed by atoms with Crippen LogP contribution in [0.1, 0.15) is 5.56 Å². The first-order chi connectivity index (χ1) is 13.9. The summed E-state index contributed by atoms with van der Waals surface area (Å²) in [6.45, 7) is 0.778. The lowest BCUT2D eigenvalue weighted by molar-refractivity contribution is 0.144. The van der Waals surface area contributed by atoms with Gasteiger partial charge in [0.1, 0.15) is 18.8 Å². The van der Waals surface area contributed by atoms with Gasteiger partial charge in [0.15, 0.2) is 11.5 Å². The van der Waals surface area contributed by atoms with Crippen molar-refractivity contribution in [2.75, 3.05) is 44.4 Å². The van der Waals surface area contributed by atoms with Crippen molar-refractivity contribution in [3.8, 4) is 22.7 Å². The average molecular weight is 412 g/mol. The highest BCUT2D eigenvalue weighted by atomic mass is 32.3. The second-order valence-corrected chi connectivity index (χ2v) is 11.0. The van der Waals surface area contributed by atoms with Crippen LogP contribution in [0, 0.1) is 11.2 Å². The molecular formula is C22H25N3O3S. The van der Waals surface area contributed by atoms with Crippen molar-refractivity contribution in [2.45, 2.75) is 0 Å². The molecule has 0 atom stereocenters. The van der Waals surface area contributed by atoms with Gasteiger partial charge in [-0.15, -0.1) is 0 Å². The van der Waals surface area contributed by atoms with Crippen LogP contribution in [0.2, 0.25) is 0 Å². The van der Waals surface area contributed by atoms with Crippen molar-refractivity contribution in [3.63, 3.8) is 0 Å². The first kappa shape index (κ1) is 20.8. The first-order valence-corrected chi connectivity index (χ1v) is 11.9. The van der Waals surface area contributed by atoms with E-state index in [4.69, 9.17) is 9.47 Å². The number of hydrogen-bond donors (Lipinski definition) is 2. The Bertz CT molecular complexity index is 1070. The number of aromatic nitrogens is 2. The zero-order chi connectivity index (χ0) is 20.9. The maximum absolute atomic E-state index is 10.3. The highest BCUT2D eigenvalue weighted by Crippen LogP contribution is 2.34. The first-order valence-electron chi connectivity index (χ1n) is 9.03. The predicted octanol–water partition coefficient (Wildman–Crippen LogP) is 4.11.